The molecule has 2 N–H and O–H groups in total. The summed E-state index contributed by atoms with van der Waals surface area (Å²) in [6.07, 6.45) is 3.28. The van der Waals surface area contributed by atoms with Crippen molar-refractivity contribution in [2.24, 2.45) is 5.10 Å². The van der Waals surface area contributed by atoms with Crippen LogP contribution in [0.2, 0.25) is 0 Å². The number of methoxy groups -OCH3 is 2. The molecule has 0 amide bonds. The van der Waals surface area contributed by atoms with Gasteiger partial charge in [-0.3, -0.25) is 20.3 Å². The summed E-state index contributed by atoms with van der Waals surface area (Å²) in [5, 5.41) is 20.9. The lowest BCUT2D eigenvalue weighted by atomic mass is 10.1. The van der Waals surface area contributed by atoms with Gasteiger partial charge in [-0.1, -0.05) is 30.3 Å². The van der Waals surface area contributed by atoms with Gasteiger partial charge in [-0.05, 0) is 60.7 Å². The van der Waals surface area contributed by atoms with E-state index in [-0.39, 0.29) is 16.3 Å². The summed E-state index contributed by atoms with van der Waals surface area (Å²) in [4.78, 5) is 10.9. The minimum atomic E-state index is -4.17. The number of nitro benzene ring substituents is 1. The van der Waals surface area contributed by atoms with Gasteiger partial charge in [0.1, 0.15) is 22.9 Å². The van der Waals surface area contributed by atoms with Crippen LogP contribution in [0.3, 0.4) is 0 Å². The van der Waals surface area contributed by atoms with E-state index in [1.54, 1.807) is 36.2 Å². The Hall–Kier alpha value is -5.69. The third-order valence-corrected chi connectivity index (χ3v) is 7.71. The molecule has 1 aromatic heterocycles. The van der Waals surface area contributed by atoms with Gasteiger partial charge in [-0.15, -0.1) is 0 Å². The van der Waals surface area contributed by atoms with Crippen molar-refractivity contribution in [2.45, 2.75) is 4.90 Å². The number of nitrogens with zero attached hydrogens (tertiary/aromatic N) is 4. The van der Waals surface area contributed by atoms with Gasteiger partial charge in [-0.25, -0.2) is 13.1 Å². The molecule has 13 heteroatoms. The second kappa shape index (κ2) is 12.4. The van der Waals surface area contributed by atoms with E-state index >= 15 is 0 Å². The molecule has 0 radical (unpaired) electrons. The maximum absolute atomic E-state index is 13.0. The number of rotatable bonds is 11. The first-order valence-corrected chi connectivity index (χ1v) is 14.3. The van der Waals surface area contributed by atoms with Crippen LogP contribution in [0.4, 0.5) is 17.1 Å². The average molecular weight is 599 g/mol. The van der Waals surface area contributed by atoms with E-state index in [4.69, 9.17) is 14.6 Å². The maximum Gasteiger partial charge on any atom is 0.295 e. The van der Waals surface area contributed by atoms with E-state index in [2.05, 4.69) is 15.2 Å². The number of nitro groups is 1. The molecule has 0 fully saturated rings. The first kappa shape index (κ1) is 28.8. The summed E-state index contributed by atoms with van der Waals surface area (Å²) in [5.41, 5.74) is 5.28. The molecule has 4 aromatic carbocycles. The van der Waals surface area contributed by atoms with Crippen molar-refractivity contribution in [3.8, 4) is 28.4 Å². The minimum absolute atomic E-state index is 0.000981. The molecule has 0 bridgehead atoms. The van der Waals surface area contributed by atoms with Crippen LogP contribution in [-0.2, 0) is 10.0 Å². The van der Waals surface area contributed by atoms with Crippen LogP contribution in [0.1, 0.15) is 5.56 Å². The van der Waals surface area contributed by atoms with Crippen molar-refractivity contribution in [3.05, 3.63) is 119 Å². The number of nitrogens with one attached hydrogen (secondary N) is 2. The van der Waals surface area contributed by atoms with E-state index in [0.29, 0.717) is 22.8 Å². The fourth-order valence-corrected chi connectivity index (χ4v) is 5.29. The Morgan fingerprint density at radius 2 is 1.63 bits per heavy atom. The number of para-hydroxylation sites is 3. The van der Waals surface area contributed by atoms with E-state index in [0.717, 1.165) is 17.3 Å². The van der Waals surface area contributed by atoms with Crippen molar-refractivity contribution in [3.63, 3.8) is 0 Å². The maximum atomic E-state index is 13.0. The third-order valence-electron chi connectivity index (χ3n) is 6.34. The summed E-state index contributed by atoms with van der Waals surface area (Å²) in [5.74, 6) is 0.997. The Bertz CT molecular complexity index is 1890. The number of benzene rings is 4. The number of hydrogen-bond donors (Lipinski definition) is 2. The molecule has 12 nitrogen and oxygen atoms in total. The zero-order valence-electron chi connectivity index (χ0n) is 23.0. The summed E-state index contributed by atoms with van der Waals surface area (Å²) in [7, 11) is -1.18. The number of aromatic nitrogens is 2. The smallest absolute Gasteiger partial charge is 0.295 e. The van der Waals surface area contributed by atoms with Gasteiger partial charge in [0, 0.05) is 23.4 Å². The van der Waals surface area contributed by atoms with Crippen molar-refractivity contribution in [1.82, 2.24) is 9.78 Å². The molecule has 0 aliphatic heterocycles. The normalized spacial score (nSPS) is 11.3. The van der Waals surface area contributed by atoms with E-state index in [9.17, 15) is 18.5 Å². The highest BCUT2D eigenvalue weighted by atomic mass is 32.2. The molecule has 1 heterocycles. The number of anilines is 2. The second-order valence-electron chi connectivity index (χ2n) is 9.05. The Balaban J connectivity index is 1.44. The number of hydrazone groups is 1. The fraction of sp³-hybridized carbons (Fsp3) is 0.0667. The van der Waals surface area contributed by atoms with Gasteiger partial charge in [0.2, 0.25) is 0 Å². The largest absolute Gasteiger partial charge is 0.497 e. The fourth-order valence-electron chi connectivity index (χ4n) is 4.20. The molecular formula is C30H26N6O6S. The van der Waals surface area contributed by atoms with E-state index in [1.165, 1.54) is 31.5 Å². The van der Waals surface area contributed by atoms with Crippen LogP contribution in [0.5, 0.6) is 11.5 Å². The Morgan fingerprint density at radius 3 is 2.33 bits per heavy atom. The third kappa shape index (κ3) is 6.47. The summed E-state index contributed by atoms with van der Waals surface area (Å²) >= 11 is 0. The quantitative estimate of drug-likeness (QED) is 0.111. The van der Waals surface area contributed by atoms with Crippen LogP contribution in [0.15, 0.2) is 113 Å². The zero-order chi connectivity index (χ0) is 30.4. The van der Waals surface area contributed by atoms with Gasteiger partial charge in [0.25, 0.3) is 15.7 Å². The number of sulfonamides is 1. The first-order valence-electron chi connectivity index (χ1n) is 12.8. The molecule has 43 heavy (non-hydrogen) atoms. The lowest BCUT2D eigenvalue weighted by Gasteiger charge is -2.12. The van der Waals surface area contributed by atoms with Crippen LogP contribution in [-0.4, -0.2) is 43.6 Å². The molecule has 5 rings (SSSR count). The molecule has 0 unspecified atom stereocenters. The molecule has 0 saturated carbocycles. The zero-order valence-corrected chi connectivity index (χ0v) is 23.9. The Morgan fingerprint density at radius 1 is 0.907 bits per heavy atom. The van der Waals surface area contributed by atoms with Gasteiger partial charge < -0.3 is 9.47 Å². The van der Waals surface area contributed by atoms with Gasteiger partial charge >= 0.3 is 0 Å². The van der Waals surface area contributed by atoms with Crippen LogP contribution >= 0.6 is 0 Å². The summed E-state index contributed by atoms with van der Waals surface area (Å²) in [6, 6.07) is 26.8. The number of ether oxygens (including phenoxy) is 2. The van der Waals surface area contributed by atoms with Gasteiger partial charge in [0.15, 0.2) is 0 Å². The minimum Gasteiger partial charge on any atom is -0.497 e. The first-order chi connectivity index (χ1) is 20.8. The second-order valence-corrected chi connectivity index (χ2v) is 10.7. The SMILES string of the molecule is COc1ccc(-c2nn(-c3ccccc3)cc2/C=N\Nc2ccc(S(=O)(=O)Nc3ccccc3OC)cc2[N+](=O)[O-])cc1. The molecular weight excluding hydrogens is 572 g/mol. The molecule has 0 atom stereocenters. The topological polar surface area (TPSA) is 150 Å². The highest BCUT2D eigenvalue weighted by Crippen LogP contribution is 2.31. The lowest BCUT2D eigenvalue weighted by Crippen LogP contribution is -2.14. The van der Waals surface area contributed by atoms with Crippen molar-refractivity contribution in [1.29, 1.82) is 0 Å². The molecule has 0 aliphatic carbocycles. The number of hydrogen-bond acceptors (Lipinski definition) is 9. The predicted molar refractivity (Wildman–Crippen MR) is 164 cm³/mol. The van der Waals surface area contributed by atoms with Crippen molar-refractivity contribution >= 4 is 33.3 Å². The predicted octanol–water partition coefficient (Wildman–Crippen LogP) is 5.71. The monoisotopic (exact) mass is 598 g/mol. The molecule has 0 spiro atoms. The highest BCUT2D eigenvalue weighted by Gasteiger charge is 2.22. The van der Waals surface area contributed by atoms with Crippen molar-refractivity contribution in [2.75, 3.05) is 24.4 Å². The van der Waals surface area contributed by atoms with E-state index in [1.807, 2.05) is 54.6 Å². The average Bonchev–Trinajstić information content (AvgIpc) is 3.45. The molecule has 0 saturated heterocycles. The molecule has 5 aromatic rings. The van der Waals surface area contributed by atoms with Crippen molar-refractivity contribution < 1.29 is 22.8 Å². The molecule has 0 aliphatic rings. The van der Waals surface area contributed by atoms with E-state index < -0.39 is 20.6 Å². The lowest BCUT2D eigenvalue weighted by molar-refractivity contribution is -0.384. The van der Waals surface area contributed by atoms with Crippen LogP contribution < -0.4 is 19.6 Å². The van der Waals surface area contributed by atoms with Crippen LogP contribution in [0, 0.1) is 10.1 Å². The summed E-state index contributed by atoms with van der Waals surface area (Å²) < 4.78 is 40.6. The summed E-state index contributed by atoms with van der Waals surface area (Å²) in [6.45, 7) is 0. The van der Waals surface area contributed by atoms with Crippen LogP contribution in [0.25, 0.3) is 16.9 Å². The Labute approximate surface area is 247 Å². The van der Waals surface area contributed by atoms with Gasteiger partial charge in [-0.2, -0.15) is 10.2 Å². The van der Waals surface area contributed by atoms with Gasteiger partial charge in [0.05, 0.1) is 41.6 Å². The Kier molecular flexibility index (Phi) is 8.34. The molecule has 218 valence electrons. The highest BCUT2D eigenvalue weighted by molar-refractivity contribution is 7.92. The standard InChI is InChI=1S/C30H26N6O6S/c1-41-24-14-12-21(13-15-24)30-22(20-35(33-30)23-8-4-3-5-9-23)19-31-32-26-17-16-25(18-28(26)36(37)38)43(39,40)34-27-10-6-7-11-29(27)42-2/h3-20,32,34H,1-2H3/b31-19-.